The number of nitrogens with zero attached hydrogens (tertiary/aromatic N) is 11. The summed E-state index contributed by atoms with van der Waals surface area (Å²) in [7, 11) is -9.28. The van der Waals surface area contributed by atoms with Crippen LogP contribution in [0.3, 0.4) is 0 Å². The second kappa shape index (κ2) is 56.9. The van der Waals surface area contributed by atoms with Crippen molar-refractivity contribution in [3.63, 3.8) is 0 Å². The molecule has 14 aromatic carbocycles. The molecule has 0 saturated carbocycles. The van der Waals surface area contributed by atoms with E-state index in [-0.39, 0.29) is 80.6 Å². The van der Waals surface area contributed by atoms with E-state index in [9.17, 15) is 52.0 Å². The number of alkyl halides is 6. The van der Waals surface area contributed by atoms with Crippen molar-refractivity contribution >= 4 is 150 Å². The summed E-state index contributed by atoms with van der Waals surface area (Å²) in [6.45, 7) is 19.4. The Morgan fingerprint density at radius 3 is 0.745 bits per heavy atom. The molecule has 2 aromatic heterocycles. The number of hydrogen-bond donors (Lipinski definition) is 0. The van der Waals surface area contributed by atoms with E-state index >= 15 is 0 Å². The maximum atomic E-state index is 14.0. The zero-order chi connectivity index (χ0) is 103. The molecule has 16 aromatic rings. The fraction of sp³-hybridized carbons (Fsp3) is 0.159. The molecule has 740 valence electrons. The van der Waals surface area contributed by atoms with E-state index in [2.05, 4.69) is 384 Å². The van der Waals surface area contributed by atoms with Crippen LogP contribution in [0.1, 0.15) is 44.5 Å². The fourth-order valence-corrected chi connectivity index (χ4v) is 26.8. The molecule has 15 nitrogen and oxygen atoms in total. The normalized spacial score (nSPS) is 13.3. The third-order valence-corrected chi connectivity index (χ3v) is 34.9. The van der Waals surface area contributed by atoms with Crippen molar-refractivity contribution in [2.45, 2.75) is 61.9 Å². The molecule has 2 saturated heterocycles. The maximum absolute atomic E-state index is 14.0. The number of sulfone groups is 2. The molecular formula is C113H102ClF8N11O4P4PdS2Zn. The average Bonchev–Trinajstić information content (AvgIpc) is 0.780. The van der Waals surface area contributed by atoms with Gasteiger partial charge in [0.25, 0.3) is 0 Å². The second-order valence-electron chi connectivity index (χ2n) is 33.0. The third-order valence-electron chi connectivity index (χ3n) is 22.6. The molecule has 2 atom stereocenters. The quantitative estimate of drug-likeness (QED) is 0.0229. The van der Waals surface area contributed by atoms with Gasteiger partial charge in [-0.15, -0.1) is 0 Å². The predicted octanol–water partition coefficient (Wildman–Crippen LogP) is 21.3. The SMILES string of the molecule is CC(C)[C@@H]1CN(c2ccc(F)c(S(C)(=O)=O)c2)CCN1c1ncc(C(F)(F)F)c(C#N)n1.CC(C)[C@@H]1CN(c2ccc(F)c(S(C)(=O)=O)c2)CCN1c1ncc(C(F)(F)F)c(Cl)n1.[C-]#N.[C-]#N.[Pd].[Zn+2].c1ccc(P(c2ccccc2)c2ccccc2)cc1.c1ccc(P(c2ccccc2)c2ccccc2)cc1.c1ccc(P(c2ccccc2)c2ccccc2)cc1.c1ccc(P(c2ccccc2)c2ccccc2)cc1. The second-order valence-corrected chi connectivity index (χ2v) is 46.2. The zero-order valence-electron chi connectivity index (χ0n) is 79.9. The van der Waals surface area contributed by atoms with E-state index in [1.807, 2.05) is 37.5 Å². The van der Waals surface area contributed by atoms with Crippen molar-refractivity contribution in [3.8, 4) is 6.07 Å². The van der Waals surface area contributed by atoms with Crippen LogP contribution in [-0.2, 0) is 71.9 Å². The Kier molecular flexibility index (Phi) is 45.5. The number of rotatable bonds is 20. The molecule has 2 aliphatic heterocycles. The monoisotopic (exact) mass is 2220 g/mol. The number of aromatic nitrogens is 4. The number of nitriles is 1. The molecule has 4 heterocycles. The predicted molar refractivity (Wildman–Crippen MR) is 570 cm³/mol. The van der Waals surface area contributed by atoms with Gasteiger partial charge in [0, 0.05) is 96.0 Å². The van der Waals surface area contributed by atoms with Gasteiger partial charge < -0.3 is 43.3 Å². The minimum Gasteiger partial charge on any atom is -0.512 e. The summed E-state index contributed by atoms with van der Waals surface area (Å²) in [6.07, 6.45) is -6.23. The molecule has 145 heavy (non-hydrogen) atoms. The summed E-state index contributed by atoms with van der Waals surface area (Å²) < 4.78 is 153. The Labute approximate surface area is 881 Å². The van der Waals surface area contributed by atoms with Gasteiger partial charge in [0.15, 0.2) is 25.4 Å². The number of hydrogen-bond acceptors (Lipinski definition) is 15. The van der Waals surface area contributed by atoms with Gasteiger partial charge in [-0.3, -0.25) is 0 Å². The molecule has 0 aliphatic carbocycles. The first kappa shape index (κ1) is 116. The van der Waals surface area contributed by atoms with Crippen LogP contribution >= 0.6 is 43.3 Å². The van der Waals surface area contributed by atoms with Gasteiger partial charge in [-0.1, -0.05) is 403 Å². The van der Waals surface area contributed by atoms with E-state index in [0.29, 0.717) is 63.0 Å². The van der Waals surface area contributed by atoms with Gasteiger partial charge in [0.05, 0.1) is 12.1 Å². The van der Waals surface area contributed by atoms with Crippen molar-refractivity contribution in [1.29, 1.82) is 15.8 Å². The Bertz CT molecular complexity index is 6150. The maximum Gasteiger partial charge on any atom is 2.00 e. The minimum absolute atomic E-state index is 0. The molecule has 0 unspecified atom stereocenters. The number of piperazine rings is 2. The molecule has 0 N–H and O–H groups in total. The smallest absolute Gasteiger partial charge is 0.512 e. The number of anilines is 4. The number of halogens is 9. The summed E-state index contributed by atoms with van der Waals surface area (Å²) in [5.74, 6) is -1.47. The molecule has 18 rings (SSSR count). The van der Waals surface area contributed by atoms with E-state index < -0.39 is 102 Å². The zero-order valence-corrected chi connectivity index (χ0v) is 90.4. The van der Waals surface area contributed by atoms with Crippen LogP contribution in [0.25, 0.3) is 0 Å². The van der Waals surface area contributed by atoms with Crippen molar-refractivity contribution in [2.24, 2.45) is 11.8 Å². The molecule has 0 bridgehead atoms. The van der Waals surface area contributed by atoms with Gasteiger partial charge in [0.2, 0.25) is 11.9 Å². The summed E-state index contributed by atoms with van der Waals surface area (Å²) in [5.41, 5.74) is -1.98. The Morgan fingerprint density at radius 1 is 0.352 bits per heavy atom. The first-order valence-electron chi connectivity index (χ1n) is 45.1. The van der Waals surface area contributed by atoms with Crippen LogP contribution < -0.4 is 83.3 Å². The first-order valence-corrected chi connectivity index (χ1v) is 54.7. The van der Waals surface area contributed by atoms with Crippen molar-refractivity contribution in [3.05, 3.63) is 460 Å². The molecule has 0 spiro atoms. The summed E-state index contributed by atoms with van der Waals surface area (Å²) in [4.78, 5) is 22.0. The van der Waals surface area contributed by atoms with E-state index in [4.69, 9.17) is 40.5 Å². The number of benzene rings is 14. The van der Waals surface area contributed by atoms with Crippen molar-refractivity contribution < 1.29 is 91.9 Å². The topological polar surface area (TPSA) is 204 Å². The average molecular weight is 2230 g/mol. The van der Waals surface area contributed by atoms with Crippen LogP contribution in [0.5, 0.6) is 0 Å². The van der Waals surface area contributed by atoms with Crippen LogP contribution in [-0.4, -0.2) is 101 Å². The standard InChI is InChI=1S/C20H21F4N5O2S.C19H21ClF4N4O2S.4C18H15P.2CN.Pd.Zn/c1-12(2)17-11-28(13-4-5-15(21)18(8-13)32(3,30)31)6-7-29(17)19-26-10-14(20(22,23)24)16(9-25)27-19;1-11(2)15-10-27(12-4-5-14(21)16(8-12)31(3,29)30)6-7-28(15)18-25-9-13(17(20)26-18)19(22,23)24;4*1-4-10-16(11-5-1)19(17-12-6-2-7-13-17)18-14-8-3-9-15-18;2*1-2;;/h4-5,8,10,12,17H,6-7,11H2,1-3H3;4-5,8-9,11,15H,6-7,10H2,1-3H3;4*1-15H;;;;/q;;;;;;2*-1;;+2/t17-;15-;;;;;;;;/m00......../s1. The molecule has 2 fully saturated rings. The van der Waals surface area contributed by atoms with Crippen LogP contribution in [0.4, 0.5) is 58.4 Å². The van der Waals surface area contributed by atoms with Crippen LogP contribution in [0, 0.1) is 58.5 Å². The van der Waals surface area contributed by atoms with Crippen molar-refractivity contribution in [2.75, 3.05) is 71.4 Å². The van der Waals surface area contributed by atoms with E-state index in [1.165, 1.54) is 94.0 Å². The molecule has 0 amide bonds. The fourth-order valence-electron chi connectivity index (χ4n) is 15.9. The van der Waals surface area contributed by atoms with Crippen LogP contribution in [0.2, 0.25) is 5.15 Å². The van der Waals surface area contributed by atoms with Gasteiger partial charge in [-0.2, -0.15) is 31.6 Å². The Morgan fingerprint density at radius 2 is 0.559 bits per heavy atom. The van der Waals surface area contributed by atoms with E-state index in [1.54, 1.807) is 9.80 Å². The van der Waals surface area contributed by atoms with Gasteiger partial charge in [0.1, 0.15) is 43.8 Å². The van der Waals surface area contributed by atoms with E-state index in [0.717, 1.165) is 24.6 Å². The summed E-state index contributed by atoms with van der Waals surface area (Å²) >= 11 is 5.76. The molecule has 2 aliphatic rings. The third kappa shape index (κ3) is 32.8. The largest absolute Gasteiger partial charge is 2.00 e. The Balaban J connectivity index is 0.000000194. The Hall–Kier alpha value is -12.5. The minimum atomic E-state index is -4.74. The first-order chi connectivity index (χ1) is 68.9. The molecular weight excluding hydrogens is 2120 g/mol. The molecule has 0 radical (unpaired) electrons. The summed E-state index contributed by atoms with van der Waals surface area (Å²) in [5, 5.41) is 37.7. The molecule has 32 heteroatoms. The van der Waals surface area contributed by atoms with Crippen LogP contribution in [0.15, 0.2) is 423 Å². The van der Waals surface area contributed by atoms with Gasteiger partial charge in [-0.05, 0) is 144 Å². The van der Waals surface area contributed by atoms with Gasteiger partial charge >= 0.3 is 31.8 Å². The van der Waals surface area contributed by atoms with Crippen molar-refractivity contribution in [1.82, 2.24) is 19.9 Å². The van der Waals surface area contributed by atoms with Gasteiger partial charge in [-0.25, -0.2) is 45.6 Å². The summed E-state index contributed by atoms with van der Waals surface area (Å²) in [6, 6.07) is 138.